The summed E-state index contributed by atoms with van der Waals surface area (Å²) in [7, 11) is 0. The van der Waals surface area contributed by atoms with Crippen LogP contribution in [0.3, 0.4) is 0 Å². The van der Waals surface area contributed by atoms with Crippen molar-refractivity contribution in [2.45, 2.75) is 13.3 Å². The van der Waals surface area contributed by atoms with E-state index in [1.807, 2.05) is 24.4 Å². The molecule has 1 aromatic carbocycles. The van der Waals surface area contributed by atoms with Crippen molar-refractivity contribution in [3.63, 3.8) is 0 Å². The zero-order valence-corrected chi connectivity index (χ0v) is 10.4. The van der Waals surface area contributed by atoms with E-state index in [9.17, 15) is 4.79 Å². The second-order valence-corrected chi connectivity index (χ2v) is 4.86. The monoisotopic (exact) mass is 281 g/mol. The van der Waals surface area contributed by atoms with Gasteiger partial charge in [-0.2, -0.15) is 0 Å². The molecule has 0 aliphatic rings. The second-order valence-electron chi connectivity index (χ2n) is 3.95. The van der Waals surface area contributed by atoms with Crippen molar-refractivity contribution < 1.29 is 9.90 Å². The lowest BCUT2D eigenvalue weighted by atomic mass is 10.0. The number of hydrogen-bond donors (Lipinski definition) is 2. The molecule has 0 spiro atoms. The smallest absolute Gasteiger partial charge is 0.306 e. The van der Waals surface area contributed by atoms with Crippen LogP contribution in [0.15, 0.2) is 28.9 Å². The first-order valence-electron chi connectivity index (χ1n) is 5.06. The number of rotatable bonds is 3. The Hall–Kier alpha value is -1.29. The molecule has 0 amide bonds. The van der Waals surface area contributed by atoms with Crippen LogP contribution in [0.1, 0.15) is 12.5 Å². The maximum absolute atomic E-state index is 10.8. The average Bonchev–Trinajstić information content (AvgIpc) is 2.60. The third kappa shape index (κ3) is 2.11. The summed E-state index contributed by atoms with van der Waals surface area (Å²) in [5.74, 6) is -1.12. The lowest BCUT2D eigenvalue weighted by Gasteiger charge is -2.04. The number of H-pyrrole nitrogens is 1. The van der Waals surface area contributed by atoms with Gasteiger partial charge in [0.1, 0.15) is 0 Å². The average molecular weight is 282 g/mol. The first kappa shape index (κ1) is 11.2. The third-order valence-electron chi connectivity index (χ3n) is 2.68. The molecule has 0 radical (unpaired) electrons. The number of hydrogen-bond acceptors (Lipinski definition) is 1. The van der Waals surface area contributed by atoms with E-state index in [1.165, 1.54) is 0 Å². The predicted molar refractivity (Wildman–Crippen MR) is 66.5 cm³/mol. The van der Waals surface area contributed by atoms with Gasteiger partial charge in [0, 0.05) is 21.6 Å². The number of aromatic nitrogens is 1. The largest absolute Gasteiger partial charge is 0.481 e. The van der Waals surface area contributed by atoms with E-state index in [0.717, 1.165) is 20.9 Å². The van der Waals surface area contributed by atoms with Crippen LogP contribution in [0.2, 0.25) is 0 Å². The molecule has 0 saturated carbocycles. The first-order chi connectivity index (χ1) is 7.58. The molecule has 1 aromatic heterocycles. The quantitative estimate of drug-likeness (QED) is 0.908. The number of aromatic amines is 1. The number of nitrogens with one attached hydrogen (secondary N) is 1. The number of carboxylic acid groups (broad SMARTS) is 1. The molecule has 0 saturated heterocycles. The van der Waals surface area contributed by atoms with E-state index in [4.69, 9.17) is 5.11 Å². The maximum atomic E-state index is 10.8. The Morgan fingerprint density at radius 3 is 3.00 bits per heavy atom. The van der Waals surface area contributed by atoms with Gasteiger partial charge in [0.15, 0.2) is 0 Å². The van der Waals surface area contributed by atoms with Crippen LogP contribution >= 0.6 is 15.9 Å². The summed E-state index contributed by atoms with van der Waals surface area (Å²) in [5.41, 5.74) is 2.08. The zero-order chi connectivity index (χ0) is 11.7. The van der Waals surface area contributed by atoms with Crippen molar-refractivity contribution >= 4 is 32.8 Å². The van der Waals surface area contributed by atoms with E-state index in [-0.39, 0.29) is 5.92 Å². The van der Waals surface area contributed by atoms with Gasteiger partial charge in [0.2, 0.25) is 0 Å². The van der Waals surface area contributed by atoms with Crippen molar-refractivity contribution in [2.75, 3.05) is 0 Å². The van der Waals surface area contributed by atoms with Gasteiger partial charge in [-0.25, -0.2) is 0 Å². The Morgan fingerprint density at radius 2 is 2.31 bits per heavy atom. The number of fused-ring (bicyclic) bond motifs is 1. The minimum atomic E-state index is -0.758. The van der Waals surface area contributed by atoms with E-state index < -0.39 is 5.97 Å². The molecule has 16 heavy (non-hydrogen) atoms. The van der Waals surface area contributed by atoms with E-state index in [0.29, 0.717) is 6.42 Å². The molecule has 1 unspecified atom stereocenters. The fourth-order valence-corrected chi connectivity index (χ4v) is 2.11. The van der Waals surface area contributed by atoms with Gasteiger partial charge in [-0.05, 0) is 24.1 Å². The fraction of sp³-hybridized carbons (Fsp3) is 0.250. The Balaban J connectivity index is 2.35. The number of aliphatic carboxylic acids is 1. The molecular weight excluding hydrogens is 270 g/mol. The number of benzene rings is 1. The summed E-state index contributed by atoms with van der Waals surface area (Å²) in [5, 5.41) is 9.97. The Labute approximate surface area is 102 Å². The van der Waals surface area contributed by atoms with Crippen LogP contribution in [-0.4, -0.2) is 16.1 Å². The highest BCUT2D eigenvalue weighted by Crippen LogP contribution is 2.24. The van der Waals surface area contributed by atoms with Crippen molar-refractivity contribution in [1.82, 2.24) is 4.98 Å². The van der Waals surface area contributed by atoms with Crippen LogP contribution in [0, 0.1) is 5.92 Å². The lowest BCUT2D eigenvalue weighted by Crippen LogP contribution is -2.11. The number of carboxylic acids is 1. The molecular formula is C12H12BrNO2. The number of halogens is 1. The highest BCUT2D eigenvalue weighted by Gasteiger charge is 2.14. The topological polar surface area (TPSA) is 53.1 Å². The minimum Gasteiger partial charge on any atom is -0.481 e. The zero-order valence-electron chi connectivity index (χ0n) is 8.83. The summed E-state index contributed by atoms with van der Waals surface area (Å²) in [6, 6.07) is 5.95. The summed E-state index contributed by atoms with van der Waals surface area (Å²) >= 11 is 3.40. The summed E-state index contributed by atoms with van der Waals surface area (Å²) in [6.07, 6.45) is 2.44. The maximum Gasteiger partial charge on any atom is 0.306 e. The highest BCUT2D eigenvalue weighted by molar-refractivity contribution is 9.10. The van der Waals surface area contributed by atoms with Crippen LogP contribution in [-0.2, 0) is 11.2 Å². The molecule has 1 heterocycles. The fourth-order valence-electron chi connectivity index (χ4n) is 1.74. The second kappa shape index (κ2) is 4.29. The van der Waals surface area contributed by atoms with E-state index >= 15 is 0 Å². The predicted octanol–water partition coefficient (Wildman–Crippen LogP) is 3.19. The Morgan fingerprint density at radius 1 is 1.56 bits per heavy atom. The van der Waals surface area contributed by atoms with Crippen molar-refractivity contribution in [3.05, 3.63) is 34.4 Å². The molecule has 0 aliphatic carbocycles. The van der Waals surface area contributed by atoms with Gasteiger partial charge in [0.25, 0.3) is 0 Å². The highest BCUT2D eigenvalue weighted by atomic mass is 79.9. The molecule has 2 N–H and O–H groups in total. The first-order valence-corrected chi connectivity index (χ1v) is 5.85. The third-order valence-corrected chi connectivity index (χ3v) is 3.17. The molecule has 1 atom stereocenters. The minimum absolute atomic E-state index is 0.359. The van der Waals surface area contributed by atoms with Crippen LogP contribution in [0.4, 0.5) is 0 Å². The standard InChI is InChI=1S/C12H12BrNO2/c1-7(12(15)16)4-8-6-14-11-5-9(13)2-3-10(8)11/h2-3,5-7,14H,4H2,1H3,(H,15,16). The van der Waals surface area contributed by atoms with Crippen molar-refractivity contribution in [2.24, 2.45) is 5.92 Å². The van der Waals surface area contributed by atoms with Crippen molar-refractivity contribution in [1.29, 1.82) is 0 Å². The molecule has 4 heteroatoms. The van der Waals surface area contributed by atoms with Gasteiger partial charge >= 0.3 is 5.97 Å². The summed E-state index contributed by atoms with van der Waals surface area (Å²) in [4.78, 5) is 13.9. The molecule has 0 bridgehead atoms. The Bertz CT molecular complexity index is 533. The molecule has 3 nitrogen and oxygen atoms in total. The van der Waals surface area contributed by atoms with Crippen LogP contribution in [0.5, 0.6) is 0 Å². The van der Waals surface area contributed by atoms with Gasteiger partial charge in [-0.3, -0.25) is 4.79 Å². The van der Waals surface area contributed by atoms with Crippen molar-refractivity contribution in [3.8, 4) is 0 Å². The van der Waals surface area contributed by atoms with E-state index in [1.54, 1.807) is 6.92 Å². The summed E-state index contributed by atoms with van der Waals surface area (Å²) in [6.45, 7) is 1.72. The molecule has 0 fully saturated rings. The lowest BCUT2D eigenvalue weighted by molar-refractivity contribution is -0.141. The van der Waals surface area contributed by atoms with Gasteiger partial charge < -0.3 is 10.1 Å². The number of carbonyl (C=O) groups is 1. The van der Waals surface area contributed by atoms with Crippen LogP contribution < -0.4 is 0 Å². The summed E-state index contributed by atoms with van der Waals surface area (Å²) < 4.78 is 1.01. The molecule has 0 aliphatic heterocycles. The van der Waals surface area contributed by atoms with E-state index in [2.05, 4.69) is 20.9 Å². The Kier molecular flexibility index (Phi) is 3.01. The van der Waals surface area contributed by atoms with Gasteiger partial charge in [-0.1, -0.05) is 28.9 Å². The van der Waals surface area contributed by atoms with Crippen LogP contribution in [0.25, 0.3) is 10.9 Å². The molecule has 2 rings (SSSR count). The molecule has 2 aromatic rings. The van der Waals surface area contributed by atoms with Gasteiger partial charge in [-0.15, -0.1) is 0 Å². The SMILES string of the molecule is CC(Cc1c[nH]c2cc(Br)ccc12)C(=O)O. The molecule has 84 valence electrons. The normalized spacial score (nSPS) is 12.9. The van der Waals surface area contributed by atoms with Gasteiger partial charge in [0.05, 0.1) is 5.92 Å².